The summed E-state index contributed by atoms with van der Waals surface area (Å²) in [6.07, 6.45) is 0. The number of nitrogens with one attached hydrogen (secondary N) is 2. The van der Waals surface area contributed by atoms with Crippen LogP contribution in [0.15, 0.2) is 34.8 Å². The van der Waals surface area contributed by atoms with Gasteiger partial charge in [0.05, 0.1) is 19.2 Å². The van der Waals surface area contributed by atoms with Crippen LogP contribution in [0, 0.1) is 5.82 Å². The van der Waals surface area contributed by atoms with Crippen molar-refractivity contribution in [3.05, 3.63) is 62.3 Å². The van der Waals surface area contributed by atoms with Gasteiger partial charge in [-0.05, 0) is 30.3 Å². The van der Waals surface area contributed by atoms with Crippen molar-refractivity contribution in [3.63, 3.8) is 0 Å². The SMILES string of the molecule is O=C1N[C@H](c2cc(F)ccc2Cl)c2c(NC(=O)N3CCOCC(F)(F)C3)cc(Br)cc21. The fourth-order valence-electron chi connectivity index (χ4n) is 3.64. The molecule has 0 aromatic heterocycles. The fraction of sp³-hybridized carbons (Fsp3) is 0.300. The van der Waals surface area contributed by atoms with Crippen LogP contribution in [0.4, 0.5) is 23.7 Å². The third-order valence-corrected chi connectivity index (χ3v) is 5.79. The van der Waals surface area contributed by atoms with Gasteiger partial charge in [0.2, 0.25) is 0 Å². The molecule has 2 heterocycles. The number of nitrogens with zero attached hydrogens (tertiary/aromatic N) is 1. The highest BCUT2D eigenvalue weighted by molar-refractivity contribution is 9.10. The molecule has 3 amide bonds. The molecule has 0 radical (unpaired) electrons. The predicted octanol–water partition coefficient (Wildman–Crippen LogP) is 4.57. The number of carbonyl (C=O) groups is 2. The Morgan fingerprint density at radius 3 is 2.87 bits per heavy atom. The lowest BCUT2D eigenvalue weighted by Gasteiger charge is -2.25. The minimum Gasteiger partial charge on any atom is -0.373 e. The summed E-state index contributed by atoms with van der Waals surface area (Å²) < 4.78 is 46.9. The van der Waals surface area contributed by atoms with Crippen LogP contribution in [-0.4, -0.2) is 49.1 Å². The number of fused-ring (bicyclic) bond motifs is 1. The van der Waals surface area contributed by atoms with Crippen molar-refractivity contribution >= 4 is 45.2 Å². The molecule has 0 saturated carbocycles. The highest BCUT2D eigenvalue weighted by Gasteiger charge is 2.38. The Labute approximate surface area is 188 Å². The Balaban J connectivity index is 1.71. The summed E-state index contributed by atoms with van der Waals surface area (Å²) in [5.74, 6) is -4.16. The van der Waals surface area contributed by atoms with Crippen molar-refractivity contribution in [1.29, 1.82) is 0 Å². The molecule has 4 rings (SSSR count). The molecule has 0 bridgehead atoms. The number of urea groups is 1. The van der Waals surface area contributed by atoms with Gasteiger partial charge in [0.25, 0.3) is 11.8 Å². The number of ether oxygens (including phenoxy) is 1. The number of halogens is 5. The monoisotopic (exact) mass is 517 g/mol. The standard InChI is InChI=1S/C20H16BrClF3N3O3/c21-10-5-13-16(17(27-18(13)29)12-7-11(23)1-2-14(12)22)15(6-10)26-19(30)28-3-4-31-9-20(24,25)8-28/h1-2,5-7,17H,3-4,8-9H2,(H,26,30)(H,27,29)/t17-/m1/s1. The van der Waals surface area contributed by atoms with Crippen LogP contribution in [0.5, 0.6) is 0 Å². The van der Waals surface area contributed by atoms with E-state index in [1.165, 1.54) is 18.2 Å². The summed E-state index contributed by atoms with van der Waals surface area (Å²) in [5.41, 5.74) is 1.14. The number of benzene rings is 2. The maximum atomic E-state index is 13.9. The van der Waals surface area contributed by atoms with Crippen LogP contribution in [0.2, 0.25) is 5.02 Å². The minimum absolute atomic E-state index is 0.0199. The van der Waals surface area contributed by atoms with Gasteiger partial charge in [0, 0.05) is 38.4 Å². The molecule has 1 saturated heterocycles. The zero-order chi connectivity index (χ0) is 22.3. The van der Waals surface area contributed by atoms with E-state index in [1.807, 2.05) is 0 Å². The first-order valence-electron chi connectivity index (χ1n) is 9.25. The molecule has 2 N–H and O–H groups in total. The molecule has 0 spiro atoms. The topological polar surface area (TPSA) is 70.7 Å². The molecule has 164 valence electrons. The first-order valence-corrected chi connectivity index (χ1v) is 10.4. The van der Waals surface area contributed by atoms with Gasteiger partial charge in [0.15, 0.2) is 0 Å². The Morgan fingerprint density at radius 1 is 1.32 bits per heavy atom. The van der Waals surface area contributed by atoms with Crippen molar-refractivity contribution in [2.75, 3.05) is 31.6 Å². The van der Waals surface area contributed by atoms with E-state index in [2.05, 4.69) is 26.6 Å². The number of rotatable bonds is 2. The first kappa shape index (κ1) is 21.9. The van der Waals surface area contributed by atoms with Gasteiger partial charge < -0.3 is 20.3 Å². The predicted molar refractivity (Wildman–Crippen MR) is 111 cm³/mol. The number of amides is 3. The van der Waals surface area contributed by atoms with Gasteiger partial charge in [-0.1, -0.05) is 27.5 Å². The number of hydrogen-bond acceptors (Lipinski definition) is 3. The molecular formula is C20H16BrClF3N3O3. The Hall–Kier alpha value is -2.30. The minimum atomic E-state index is -3.18. The summed E-state index contributed by atoms with van der Waals surface area (Å²) >= 11 is 9.52. The van der Waals surface area contributed by atoms with E-state index < -0.39 is 42.9 Å². The van der Waals surface area contributed by atoms with E-state index in [0.717, 1.165) is 4.90 Å². The Kier molecular flexibility index (Phi) is 5.89. The molecule has 2 aliphatic rings. The Bertz CT molecular complexity index is 1070. The highest BCUT2D eigenvalue weighted by Crippen LogP contribution is 2.41. The lowest BCUT2D eigenvalue weighted by molar-refractivity contribution is -0.0648. The van der Waals surface area contributed by atoms with E-state index in [-0.39, 0.29) is 29.4 Å². The smallest absolute Gasteiger partial charge is 0.322 e. The molecule has 11 heteroatoms. The zero-order valence-electron chi connectivity index (χ0n) is 15.9. The third kappa shape index (κ3) is 4.51. The molecule has 0 unspecified atom stereocenters. The average molecular weight is 519 g/mol. The van der Waals surface area contributed by atoms with Crippen molar-refractivity contribution in [2.24, 2.45) is 0 Å². The second-order valence-corrected chi connectivity index (χ2v) is 8.57. The summed E-state index contributed by atoms with van der Waals surface area (Å²) in [7, 11) is 0. The second kappa shape index (κ2) is 8.33. The Morgan fingerprint density at radius 2 is 2.10 bits per heavy atom. The summed E-state index contributed by atoms with van der Waals surface area (Å²) in [5, 5.41) is 5.57. The van der Waals surface area contributed by atoms with Crippen molar-refractivity contribution in [3.8, 4) is 0 Å². The molecule has 2 aromatic carbocycles. The van der Waals surface area contributed by atoms with Crippen molar-refractivity contribution < 1.29 is 27.5 Å². The van der Waals surface area contributed by atoms with Crippen molar-refractivity contribution in [1.82, 2.24) is 10.2 Å². The van der Waals surface area contributed by atoms with E-state index in [0.29, 0.717) is 15.6 Å². The fourth-order valence-corrected chi connectivity index (χ4v) is 4.32. The molecular weight excluding hydrogens is 503 g/mol. The first-order chi connectivity index (χ1) is 14.6. The number of anilines is 1. The number of carbonyl (C=O) groups excluding carboxylic acids is 2. The van der Waals surface area contributed by atoms with Crippen LogP contribution >= 0.6 is 27.5 Å². The van der Waals surface area contributed by atoms with Crippen molar-refractivity contribution in [2.45, 2.75) is 12.0 Å². The zero-order valence-corrected chi connectivity index (χ0v) is 18.2. The van der Waals surface area contributed by atoms with Crippen LogP contribution in [0.1, 0.15) is 27.5 Å². The maximum absolute atomic E-state index is 13.9. The lowest BCUT2D eigenvalue weighted by Crippen LogP contribution is -2.43. The summed E-state index contributed by atoms with van der Waals surface area (Å²) in [6, 6.07) is 5.26. The van der Waals surface area contributed by atoms with E-state index in [9.17, 15) is 22.8 Å². The summed E-state index contributed by atoms with van der Waals surface area (Å²) in [6.45, 7) is -1.61. The van der Waals surface area contributed by atoms with Gasteiger partial charge in [-0.15, -0.1) is 0 Å². The van der Waals surface area contributed by atoms with Gasteiger partial charge in [-0.3, -0.25) is 4.79 Å². The number of hydrogen-bond donors (Lipinski definition) is 2. The molecule has 2 aliphatic heterocycles. The van der Waals surface area contributed by atoms with Crippen LogP contribution in [0.3, 0.4) is 0 Å². The molecule has 0 aliphatic carbocycles. The van der Waals surface area contributed by atoms with E-state index in [1.54, 1.807) is 12.1 Å². The average Bonchev–Trinajstić information content (AvgIpc) is 2.90. The van der Waals surface area contributed by atoms with Crippen LogP contribution in [-0.2, 0) is 4.74 Å². The van der Waals surface area contributed by atoms with E-state index in [4.69, 9.17) is 16.3 Å². The van der Waals surface area contributed by atoms with Crippen LogP contribution in [0.25, 0.3) is 0 Å². The van der Waals surface area contributed by atoms with Gasteiger partial charge in [-0.25, -0.2) is 18.0 Å². The van der Waals surface area contributed by atoms with Crippen LogP contribution < -0.4 is 10.6 Å². The molecule has 31 heavy (non-hydrogen) atoms. The van der Waals surface area contributed by atoms with E-state index >= 15 is 0 Å². The molecule has 1 fully saturated rings. The molecule has 1 atom stereocenters. The number of alkyl halides is 2. The normalized spacial score (nSPS) is 20.1. The molecule has 2 aromatic rings. The lowest BCUT2D eigenvalue weighted by atomic mass is 9.96. The quantitative estimate of drug-likeness (QED) is 0.612. The largest absolute Gasteiger partial charge is 0.373 e. The van der Waals surface area contributed by atoms with Gasteiger partial charge in [0.1, 0.15) is 12.4 Å². The molecule has 6 nitrogen and oxygen atoms in total. The second-order valence-electron chi connectivity index (χ2n) is 7.25. The third-order valence-electron chi connectivity index (χ3n) is 4.99. The highest BCUT2D eigenvalue weighted by atomic mass is 79.9. The summed E-state index contributed by atoms with van der Waals surface area (Å²) in [4.78, 5) is 26.3. The van der Waals surface area contributed by atoms with Gasteiger partial charge in [-0.2, -0.15) is 0 Å². The maximum Gasteiger partial charge on any atom is 0.322 e. The van der Waals surface area contributed by atoms with Gasteiger partial charge >= 0.3 is 6.03 Å².